The van der Waals surface area contributed by atoms with Gasteiger partial charge < -0.3 is 10.7 Å². The molecule has 0 fully saturated rings. The number of rotatable bonds is 1. The quantitative estimate of drug-likeness (QED) is 0.565. The highest BCUT2D eigenvalue weighted by Gasteiger charge is 2.24. The first-order valence-electron chi connectivity index (χ1n) is 7.53. The molecule has 0 aliphatic rings. The molecule has 0 aliphatic carbocycles. The Bertz CT molecular complexity index is 1020. The number of fused-ring (bicyclic) bond motifs is 2. The normalized spacial score (nSPS) is 12.3. The molecule has 6 heteroatoms. The highest BCUT2D eigenvalue weighted by molar-refractivity contribution is 6.05. The lowest BCUT2D eigenvalue weighted by Gasteiger charge is -2.19. The summed E-state index contributed by atoms with van der Waals surface area (Å²) in [6, 6.07) is 8.14. The molecule has 0 aliphatic heterocycles. The maximum atomic E-state index is 6.15. The minimum atomic E-state index is -0.205. The van der Waals surface area contributed by atoms with E-state index in [1.54, 1.807) is 0 Å². The molecule has 4 aromatic rings. The molecule has 0 bridgehead atoms. The van der Waals surface area contributed by atoms with Gasteiger partial charge in [0.15, 0.2) is 5.65 Å². The van der Waals surface area contributed by atoms with Crippen LogP contribution in [0.3, 0.4) is 0 Å². The predicted molar refractivity (Wildman–Crippen MR) is 92.0 cm³/mol. The Kier molecular flexibility index (Phi) is 2.72. The Morgan fingerprint density at radius 2 is 1.91 bits per heavy atom. The average Bonchev–Trinajstić information content (AvgIpc) is 3.08. The van der Waals surface area contributed by atoms with Crippen molar-refractivity contribution < 1.29 is 0 Å². The average molecular weight is 306 g/mol. The molecule has 23 heavy (non-hydrogen) atoms. The zero-order chi connectivity index (χ0) is 16.2. The number of anilines is 1. The minimum Gasteiger partial charge on any atom is -0.383 e. The van der Waals surface area contributed by atoms with Crippen LogP contribution in [0.15, 0.2) is 36.8 Å². The number of hydrogen-bond donors (Lipinski definition) is 2. The highest BCUT2D eigenvalue weighted by Crippen LogP contribution is 2.36. The number of para-hydroxylation sites is 1. The summed E-state index contributed by atoms with van der Waals surface area (Å²) < 4.78 is 1.91. The second-order valence-electron chi connectivity index (χ2n) is 6.64. The summed E-state index contributed by atoms with van der Waals surface area (Å²) in [4.78, 5) is 11.9. The van der Waals surface area contributed by atoms with Gasteiger partial charge in [-0.25, -0.2) is 14.6 Å². The van der Waals surface area contributed by atoms with Crippen LogP contribution in [0.4, 0.5) is 5.82 Å². The van der Waals surface area contributed by atoms with Crippen molar-refractivity contribution in [3.05, 3.63) is 36.8 Å². The van der Waals surface area contributed by atoms with Gasteiger partial charge in [-0.2, -0.15) is 5.10 Å². The Morgan fingerprint density at radius 1 is 1.13 bits per heavy atom. The van der Waals surface area contributed by atoms with Gasteiger partial charge in [0, 0.05) is 22.7 Å². The number of H-pyrrole nitrogens is 1. The van der Waals surface area contributed by atoms with E-state index in [2.05, 4.69) is 41.8 Å². The summed E-state index contributed by atoms with van der Waals surface area (Å²) in [5.74, 6) is 0.450. The van der Waals surface area contributed by atoms with E-state index in [-0.39, 0.29) is 5.54 Å². The maximum Gasteiger partial charge on any atom is 0.164 e. The Labute approximate surface area is 133 Å². The standard InChI is InChI=1S/C17H18N6/c1-17(2,3)23-16-13(15(18)20-9-21-16)14(22-23)11-8-19-12-7-5-4-6-10(11)12/h4-9,19H,1-3H3,(H2,18,20,21). The van der Waals surface area contributed by atoms with Crippen LogP contribution in [0, 0.1) is 0 Å². The van der Waals surface area contributed by atoms with E-state index < -0.39 is 0 Å². The molecule has 0 atom stereocenters. The number of nitrogens with zero attached hydrogens (tertiary/aromatic N) is 4. The van der Waals surface area contributed by atoms with E-state index in [1.807, 2.05) is 29.1 Å². The van der Waals surface area contributed by atoms with Crippen molar-refractivity contribution >= 4 is 27.8 Å². The van der Waals surface area contributed by atoms with Gasteiger partial charge in [-0.3, -0.25) is 0 Å². The van der Waals surface area contributed by atoms with Crippen LogP contribution < -0.4 is 5.73 Å². The van der Waals surface area contributed by atoms with E-state index in [1.165, 1.54) is 6.33 Å². The first-order valence-corrected chi connectivity index (χ1v) is 7.53. The van der Waals surface area contributed by atoms with Crippen molar-refractivity contribution in [1.82, 2.24) is 24.7 Å². The molecule has 116 valence electrons. The Balaban J connectivity index is 2.12. The van der Waals surface area contributed by atoms with Gasteiger partial charge in [-0.15, -0.1) is 0 Å². The van der Waals surface area contributed by atoms with Crippen LogP contribution in [0.5, 0.6) is 0 Å². The molecule has 0 saturated heterocycles. The molecule has 0 spiro atoms. The summed E-state index contributed by atoms with van der Waals surface area (Å²) in [5, 5.41) is 6.73. The third kappa shape index (κ3) is 1.98. The first-order chi connectivity index (χ1) is 11.0. The van der Waals surface area contributed by atoms with E-state index in [9.17, 15) is 0 Å². The number of nitrogens with two attached hydrogens (primary N) is 1. The van der Waals surface area contributed by atoms with Gasteiger partial charge >= 0.3 is 0 Å². The van der Waals surface area contributed by atoms with E-state index in [0.29, 0.717) is 5.82 Å². The number of aromatic nitrogens is 5. The van der Waals surface area contributed by atoms with Crippen LogP contribution in [-0.2, 0) is 5.54 Å². The Morgan fingerprint density at radius 3 is 2.70 bits per heavy atom. The molecule has 3 N–H and O–H groups in total. The third-order valence-electron chi connectivity index (χ3n) is 3.97. The molecule has 3 aromatic heterocycles. The maximum absolute atomic E-state index is 6.15. The fourth-order valence-electron chi connectivity index (χ4n) is 2.90. The summed E-state index contributed by atoms with van der Waals surface area (Å²) in [7, 11) is 0. The number of aromatic amines is 1. The monoisotopic (exact) mass is 306 g/mol. The van der Waals surface area contributed by atoms with Gasteiger partial charge in [0.1, 0.15) is 17.8 Å². The molecule has 0 amide bonds. The number of benzene rings is 1. The van der Waals surface area contributed by atoms with Crippen LogP contribution in [-0.4, -0.2) is 24.7 Å². The van der Waals surface area contributed by atoms with Crippen molar-refractivity contribution in [1.29, 1.82) is 0 Å². The SMILES string of the molecule is CC(C)(C)n1nc(-c2c[nH]c3ccccc23)c2c(N)ncnc21. The fraction of sp³-hybridized carbons (Fsp3) is 0.235. The summed E-state index contributed by atoms with van der Waals surface area (Å²) in [6.07, 6.45) is 3.45. The van der Waals surface area contributed by atoms with E-state index in [4.69, 9.17) is 10.8 Å². The molecular formula is C17H18N6. The number of hydrogen-bond acceptors (Lipinski definition) is 4. The van der Waals surface area contributed by atoms with E-state index in [0.717, 1.165) is 33.2 Å². The van der Waals surface area contributed by atoms with Crippen molar-refractivity contribution in [3.63, 3.8) is 0 Å². The summed E-state index contributed by atoms with van der Waals surface area (Å²) in [5.41, 5.74) is 9.59. The van der Waals surface area contributed by atoms with Crippen molar-refractivity contribution in [2.45, 2.75) is 26.3 Å². The molecule has 3 heterocycles. The lowest BCUT2D eigenvalue weighted by atomic mass is 10.1. The zero-order valence-electron chi connectivity index (χ0n) is 13.3. The molecule has 0 radical (unpaired) electrons. The van der Waals surface area contributed by atoms with Crippen molar-refractivity contribution in [3.8, 4) is 11.3 Å². The molecule has 6 nitrogen and oxygen atoms in total. The highest BCUT2D eigenvalue weighted by atomic mass is 15.3. The van der Waals surface area contributed by atoms with Gasteiger partial charge in [-0.1, -0.05) is 18.2 Å². The fourth-order valence-corrected chi connectivity index (χ4v) is 2.90. The van der Waals surface area contributed by atoms with Gasteiger partial charge in [0.05, 0.1) is 10.9 Å². The van der Waals surface area contributed by atoms with Crippen LogP contribution >= 0.6 is 0 Å². The van der Waals surface area contributed by atoms with Crippen LogP contribution in [0.25, 0.3) is 33.2 Å². The van der Waals surface area contributed by atoms with E-state index >= 15 is 0 Å². The molecule has 0 saturated carbocycles. The van der Waals surface area contributed by atoms with Gasteiger partial charge in [0.2, 0.25) is 0 Å². The molecule has 4 rings (SSSR count). The largest absolute Gasteiger partial charge is 0.383 e. The first kappa shape index (κ1) is 13.8. The topological polar surface area (TPSA) is 85.4 Å². The zero-order valence-corrected chi connectivity index (χ0v) is 13.3. The van der Waals surface area contributed by atoms with Crippen molar-refractivity contribution in [2.24, 2.45) is 0 Å². The smallest absolute Gasteiger partial charge is 0.164 e. The molecule has 1 aromatic carbocycles. The predicted octanol–water partition coefficient (Wildman–Crippen LogP) is 3.31. The third-order valence-corrected chi connectivity index (χ3v) is 3.97. The molecular weight excluding hydrogens is 288 g/mol. The summed E-state index contributed by atoms with van der Waals surface area (Å²) in [6.45, 7) is 6.28. The lowest BCUT2D eigenvalue weighted by molar-refractivity contribution is 0.367. The molecule has 0 unspecified atom stereocenters. The Hall–Kier alpha value is -2.89. The second-order valence-corrected chi connectivity index (χ2v) is 6.64. The van der Waals surface area contributed by atoms with Gasteiger partial charge in [-0.05, 0) is 26.8 Å². The van der Waals surface area contributed by atoms with Crippen molar-refractivity contribution in [2.75, 3.05) is 5.73 Å². The minimum absolute atomic E-state index is 0.205. The van der Waals surface area contributed by atoms with Crippen LogP contribution in [0.1, 0.15) is 20.8 Å². The summed E-state index contributed by atoms with van der Waals surface area (Å²) >= 11 is 0. The van der Waals surface area contributed by atoms with Crippen LogP contribution in [0.2, 0.25) is 0 Å². The number of nitrogen functional groups attached to an aromatic ring is 1. The second kappa shape index (κ2) is 4.55. The number of nitrogens with one attached hydrogen (secondary N) is 1. The van der Waals surface area contributed by atoms with Gasteiger partial charge in [0.25, 0.3) is 0 Å². The lowest BCUT2D eigenvalue weighted by Crippen LogP contribution is -2.23.